The number of amides is 2. The van der Waals surface area contributed by atoms with E-state index in [0.29, 0.717) is 5.92 Å². The molecule has 24 heavy (non-hydrogen) atoms. The highest BCUT2D eigenvalue weighted by atomic mass is 16.5. The van der Waals surface area contributed by atoms with Gasteiger partial charge in [0.05, 0.1) is 7.11 Å². The van der Waals surface area contributed by atoms with Crippen molar-refractivity contribution in [1.82, 2.24) is 15.1 Å². The summed E-state index contributed by atoms with van der Waals surface area (Å²) in [6, 6.07) is 8.33. The van der Waals surface area contributed by atoms with Crippen LogP contribution in [0.3, 0.4) is 0 Å². The number of methoxy groups -OCH3 is 1. The van der Waals surface area contributed by atoms with Gasteiger partial charge in [-0.1, -0.05) is 26.0 Å². The maximum Gasteiger partial charge on any atom is 0.317 e. The molecule has 1 heterocycles. The van der Waals surface area contributed by atoms with Gasteiger partial charge in [0, 0.05) is 39.3 Å². The van der Waals surface area contributed by atoms with Crippen LogP contribution in [0.2, 0.25) is 0 Å². The summed E-state index contributed by atoms with van der Waals surface area (Å²) in [5.41, 5.74) is 1.29. The summed E-state index contributed by atoms with van der Waals surface area (Å²) in [6.07, 6.45) is 2.05. The van der Waals surface area contributed by atoms with Gasteiger partial charge in [-0.3, -0.25) is 4.90 Å². The lowest BCUT2D eigenvalue weighted by Gasteiger charge is -2.34. The van der Waals surface area contributed by atoms with E-state index in [4.69, 9.17) is 4.74 Å². The highest BCUT2D eigenvalue weighted by molar-refractivity contribution is 5.74. The number of rotatable bonds is 7. The Labute approximate surface area is 146 Å². The third kappa shape index (κ3) is 6.04. The van der Waals surface area contributed by atoms with Crippen molar-refractivity contribution in [1.29, 1.82) is 0 Å². The lowest BCUT2D eigenvalue weighted by Crippen LogP contribution is -2.52. The number of piperazine rings is 1. The summed E-state index contributed by atoms with van der Waals surface area (Å²) >= 11 is 0. The van der Waals surface area contributed by atoms with Gasteiger partial charge in [0.15, 0.2) is 0 Å². The number of urea groups is 1. The van der Waals surface area contributed by atoms with Gasteiger partial charge < -0.3 is 15.0 Å². The number of hydrogen-bond acceptors (Lipinski definition) is 3. The van der Waals surface area contributed by atoms with Crippen LogP contribution in [0.1, 0.15) is 25.8 Å². The van der Waals surface area contributed by atoms with Gasteiger partial charge in [0.1, 0.15) is 5.75 Å². The number of benzene rings is 1. The number of nitrogens with one attached hydrogen (secondary N) is 1. The van der Waals surface area contributed by atoms with E-state index in [2.05, 4.69) is 36.2 Å². The maximum atomic E-state index is 12.1. The fraction of sp³-hybridized carbons (Fsp3) is 0.632. The number of ether oxygens (including phenoxy) is 1. The van der Waals surface area contributed by atoms with Gasteiger partial charge in [0.2, 0.25) is 0 Å². The predicted octanol–water partition coefficient (Wildman–Crippen LogP) is 2.61. The van der Waals surface area contributed by atoms with Crippen LogP contribution in [0, 0.1) is 5.92 Å². The maximum absolute atomic E-state index is 12.1. The quantitative estimate of drug-likeness (QED) is 0.834. The summed E-state index contributed by atoms with van der Waals surface area (Å²) in [4.78, 5) is 16.5. The zero-order valence-corrected chi connectivity index (χ0v) is 15.3. The molecule has 1 aliphatic heterocycles. The molecule has 5 heteroatoms. The molecule has 0 aromatic heterocycles. The summed E-state index contributed by atoms with van der Waals surface area (Å²) in [6.45, 7) is 9.66. The Morgan fingerprint density at radius 2 is 2.00 bits per heavy atom. The van der Waals surface area contributed by atoms with Crippen molar-refractivity contribution in [3.8, 4) is 5.75 Å². The first-order valence-electron chi connectivity index (χ1n) is 8.96. The molecule has 1 fully saturated rings. The summed E-state index contributed by atoms with van der Waals surface area (Å²) in [5.74, 6) is 1.54. The first-order valence-corrected chi connectivity index (χ1v) is 8.96. The SMILES string of the molecule is COc1cccc(CCN2CCN(C(=O)NCCC(C)C)CC2)c1. The molecule has 0 unspecified atom stereocenters. The Hall–Kier alpha value is -1.75. The second-order valence-corrected chi connectivity index (χ2v) is 6.84. The van der Waals surface area contributed by atoms with Crippen LogP contribution in [0.4, 0.5) is 4.79 Å². The predicted molar refractivity (Wildman–Crippen MR) is 97.6 cm³/mol. The minimum atomic E-state index is 0.0862. The van der Waals surface area contributed by atoms with Crippen molar-refractivity contribution in [2.24, 2.45) is 5.92 Å². The van der Waals surface area contributed by atoms with Crippen molar-refractivity contribution in [2.75, 3.05) is 46.4 Å². The highest BCUT2D eigenvalue weighted by Gasteiger charge is 2.20. The molecule has 1 aliphatic rings. The van der Waals surface area contributed by atoms with E-state index < -0.39 is 0 Å². The van der Waals surface area contributed by atoms with Crippen LogP contribution in [0.25, 0.3) is 0 Å². The molecule has 1 aromatic carbocycles. The second-order valence-electron chi connectivity index (χ2n) is 6.84. The zero-order valence-electron chi connectivity index (χ0n) is 15.3. The highest BCUT2D eigenvalue weighted by Crippen LogP contribution is 2.13. The largest absolute Gasteiger partial charge is 0.497 e. The Balaban J connectivity index is 1.67. The topological polar surface area (TPSA) is 44.8 Å². The Morgan fingerprint density at radius 1 is 1.25 bits per heavy atom. The molecular formula is C19H31N3O2. The molecule has 0 atom stereocenters. The molecule has 2 amide bonds. The Morgan fingerprint density at radius 3 is 2.67 bits per heavy atom. The van der Waals surface area contributed by atoms with Gasteiger partial charge >= 0.3 is 6.03 Å². The average Bonchev–Trinajstić information content (AvgIpc) is 2.60. The lowest BCUT2D eigenvalue weighted by atomic mass is 10.1. The standard InChI is InChI=1S/C19H31N3O2/c1-16(2)7-9-20-19(23)22-13-11-21(12-14-22)10-8-17-5-4-6-18(15-17)24-3/h4-6,15-16H,7-14H2,1-3H3,(H,20,23). The van der Waals surface area contributed by atoms with Crippen LogP contribution < -0.4 is 10.1 Å². The monoisotopic (exact) mass is 333 g/mol. The third-order valence-corrected chi connectivity index (χ3v) is 4.51. The van der Waals surface area contributed by atoms with Crippen molar-refractivity contribution >= 4 is 6.03 Å². The zero-order chi connectivity index (χ0) is 17.4. The van der Waals surface area contributed by atoms with Crippen LogP contribution in [-0.2, 0) is 6.42 Å². The number of carbonyl (C=O) groups is 1. The van der Waals surface area contributed by atoms with Gasteiger partial charge in [-0.2, -0.15) is 0 Å². The van der Waals surface area contributed by atoms with E-state index in [1.807, 2.05) is 17.0 Å². The van der Waals surface area contributed by atoms with E-state index in [9.17, 15) is 4.79 Å². The van der Waals surface area contributed by atoms with E-state index in [1.54, 1.807) is 7.11 Å². The Kier molecular flexibility index (Phi) is 7.37. The van der Waals surface area contributed by atoms with Crippen molar-refractivity contribution < 1.29 is 9.53 Å². The van der Waals surface area contributed by atoms with E-state index in [1.165, 1.54) is 5.56 Å². The number of hydrogen-bond donors (Lipinski definition) is 1. The molecular weight excluding hydrogens is 302 g/mol. The molecule has 0 radical (unpaired) electrons. The second kappa shape index (κ2) is 9.52. The molecule has 1 N–H and O–H groups in total. The molecule has 0 aliphatic carbocycles. The summed E-state index contributed by atoms with van der Waals surface area (Å²) < 4.78 is 5.27. The molecule has 0 bridgehead atoms. The number of carbonyl (C=O) groups excluding carboxylic acids is 1. The lowest BCUT2D eigenvalue weighted by molar-refractivity contribution is 0.140. The summed E-state index contributed by atoms with van der Waals surface area (Å²) in [5, 5.41) is 3.02. The molecule has 1 aromatic rings. The Bertz CT molecular complexity index is 511. The van der Waals surface area contributed by atoms with E-state index in [-0.39, 0.29) is 6.03 Å². The number of nitrogens with zero attached hydrogens (tertiary/aromatic N) is 2. The molecule has 0 saturated carbocycles. The normalized spacial score (nSPS) is 15.6. The van der Waals surface area contributed by atoms with Gasteiger partial charge in [0.25, 0.3) is 0 Å². The van der Waals surface area contributed by atoms with Gasteiger partial charge in [-0.15, -0.1) is 0 Å². The molecule has 2 rings (SSSR count). The van der Waals surface area contributed by atoms with Crippen LogP contribution in [0.5, 0.6) is 5.75 Å². The van der Waals surface area contributed by atoms with Gasteiger partial charge in [-0.25, -0.2) is 4.79 Å². The molecule has 5 nitrogen and oxygen atoms in total. The minimum absolute atomic E-state index is 0.0862. The van der Waals surface area contributed by atoms with Crippen molar-refractivity contribution in [3.05, 3.63) is 29.8 Å². The van der Waals surface area contributed by atoms with Crippen molar-refractivity contribution in [2.45, 2.75) is 26.7 Å². The first kappa shape index (κ1) is 18.6. The molecule has 1 saturated heterocycles. The van der Waals surface area contributed by atoms with Crippen LogP contribution >= 0.6 is 0 Å². The van der Waals surface area contributed by atoms with Crippen LogP contribution in [0.15, 0.2) is 24.3 Å². The fourth-order valence-corrected chi connectivity index (χ4v) is 2.87. The van der Waals surface area contributed by atoms with Gasteiger partial charge in [-0.05, 0) is 36.5 Å². The minimum Gasteiger partial charge on any atom is -0.497 e. The molecule has 134 valence electrons. The van der Waals surface area contributed by atoms with E-state index >= 15 is 0 Å². The average molecular weight is 333 g/mol. The smallest absolute Gasteiger partial charge is 0.317 e. The van der Waals surface area contributed by atoms with E-state index in [0.717, 1.165) is 57.9 Å². The first-order chi connectivity index (χ1) is 11.6. The fourth-order valence-electron chi connectivity index (χ4n) is 2.87. The molecule has 0 spiro atoms. The third-order valence-electron chi connectivity index (χ3n) is 4.51. The van der Waals surface area contributed by atoms with Crippen LogP contribution in [-0.4, -0.2) is 62.2 Å². The summed E-state index contributed by atoms with van der Waals surface area (Å²) in [7, 11) is 1.70. The van der Waals surface area contributed by atoms with Crippen molar-refractivity contribution in [3.63, 3.8) is 0 Å².